The van der Waals surface area contributed by atoms with Gasteiger partial charge in [-0.25, -0.2) is 4.39 Å². The Balaban J connectivity index is 2.78. The second-order valence-corrected chi connectivity index (χ2v) is 5.42. The van der Waals surface area contributed by atoms with Gasteiger partial charge in [0.2, 0.25) is 0 Å². The molecule has 3 nitrogen and oxygen atoms in total. The van der Waals surface area contributed by atoms with E-state index in [1.807, 2.05) is 27.9 Å². The fourth-order valence-electron chi connectivity index (χ4n) is 2.11. The van der Waals surface area contributed by atoms with E-state index >= 15 is 0 Å². The topological polar surface area (TPSA) is 24.5 Å². The third-order valence-electron chi connectivity index (χ3n) is 3.28. The van der Waals surface area contributed by atoms with Crippen LogP contribution in [0.3, 0.4) is 0 Å². The summed E-state index contributed by atoms with van der Waals surface area (Å²) in [5.74, 6) is 0.613. The first kappa shape index (κ1) is 16.9. The molecule has 0 radical (unpaired) electrons. The standard InChI is InChI=1S/C16H27FN2O/c1-6-18-13(3)14-11-15(17)12(2)10-16(14)20-9-7-8-19(4)5/h10-11,13,18H,6-9H2,1-5H3. The predicted octanol–water partition coefficient (Wildman–Crippen LogP) is 3.14. The molecule has 1 unspecified atom stereocenters. The van der Waals surface area contributed by atoms with Crippen LogP contribution in [0.4, 0.5) is 4.39 Å². The fraction of sp³-hybridized carbons (Fsp3) is 0.625. The van der Waals surface area contributed by atoms with Gasteiger partial charge in [-0.3, -0.25) is 0 Å². The maximum atomic E-state index is 13.8. The molecule has 4 heteroatoms. The van der Waals surface area contributed by atoms with Crippen molar-refractivity contribution in [2.75, 3.05) is 33.8 Å². The number of rotatable bonds is 8. The van der Waals surface area contributed by atoms with Crippen molar-refractivity contribution in [3.8, 4) is 5.75 Å². The molecular weight excluding hydrogens is 255 g/mol. The summed E-state index contributed by atoms with van der Waals surface area (Å²) in [5.41, 5.74) is 1.51. The number of nitrogens with zero attached hydrogens (tertiary/aromatic N) is 1. The van der Waals surface area contributed by atoms with Crippen LogP contribution in [0.25, 0.3) is 0 Å². The van der Waals surface area contributed by atoms with E-state index in [-0.39, 0.29) is 11.9 Å². The molecule has 20 heavy (non-hydrogen) atoms. The Hall–Kier alpha value is -1.13. The summed E-state index contributed by atoms with van der Waals surface area (Å²) in [6.07, 6.45) is 0.957. The van der Waals surface area contributed by atoms with Crippen LogP contribution in [0, 0.1) is 12.7 Å². The molecule has 0 saturated heterocycles. The van der Waals surface area contributed by atoms with E-state index in [1.54, 1.807) is 19.1 Å². The smallest absolute Gasteiger partial charge is 0.126 e. The molecule has 0 aliphatic rings. The molecule has 0 saturated carbocycles. The van der Waals surface area contributed by atoms with E-state index in [4.69, 9.17) is 4.74 Å². The number of hydrogen-bond donors (Lipinski definition) is 1. The minimum atomic E-state index is -0.176. The predicted molar refractivity (Wildman–Crippen MR) is 81.9 cm³/mol. The lowest BCUT2D eigenvalue weighted by Gasteiger charge is -2.19. The molecule has 1 rings (SSSR count). The lowest BCUT2D eigenvalue weighted by molar-refractivity contribution is 0.277. The van der Waals surface area contributed by atoms with E-state index in [0.29, 0.717) is 12.2 Å². The third-order valence-corrected chi connectivity index (χ3v) is 3.28. The van der Waals surface area contributed by atoms with Gasteiger partial charge in [-0.05, 0) is 58.6 Å². The number of halogens is 1. The number of hydrogen-bond acceptors (Lipinski definition) is 3. The summed E-state index contributed by atoms with van der Waals surface area (Å²) in [6.45, 7) is 8.31. The van der Waals surface area contributed by atoms with Gasteiger partial charge in [0.15, 0.2) is 0 Å². The van der Waals surface area contributed by atoms with Crippen molar-refractivity contribution in [1.29, 1.82) is 0 Å². The summed E-state index contributed by atoms with van der Waals surface area (Å²) in [5, 5.41) is 3.30. The first-order valence-corrected chi connectivity index (χ1v) is 7.26. The average molecular weight is 282 g/mol. The van der Waals surface area contributed by atoms with Gasteiger partial charge in [0.1, 0.15) is 11.6 Å². The highest BCUT2D eigenvalue weighted by Gasteiger charge is 2.14. The van der Waals surface area contributed by atoms with Crippen molar-refractivity contribution in [2.24, 2.45) is 0 Å². The Morgan fingerprint density at radius 2 is 2.05 bits per heavy atom. The molecule has 0 fully saturated rings. The van der Waals surface area contributed by atoms with Gasteiger partial charge in [0, 0.05) is 18.2 Å². The summed E-state index contributed by atoms with van der Waals surface area (Å²) >= 11 is 0. The molecule has 0 aliphatic carbocycles. The number of benzene rings is 1. The summed E-state index contributed by atoms with van der Waals surface area (Å²) in [4.78, 5) is 2.13. The molecular formula is C16H27FN2O. The van der Waals surface area contributed by atoms with Gasteiger partial charge >= 0.3 is 0 Å². The number of ether oxygens (including phenoxy) is 1. The van der Waals surface area contributed by atoms with Crippen LogP contribution in [0.5, 0.6) is 5.75 Å². The van der Waals surface area contributed by atoms with Gasteiger partial charge in [-0.15, -0.1) is 0 Å². The van der Waals surface area contributed by atoms with Gasteiger partial charge in [0.25, 0.3) is 0 Å². The highest BCUT2D eigenvalue weighted by Crippen LogP contribution is 2.28. The van der Waals surface area contributed by atoms with Crippen LogP contribution in [-0.4, -0.2) is 38.7 Å². The Bertz CT molecular complexity index is 421. The Morgan fingerprint density at radius 3 is 2.65 bits per heavy atom. The largest absolute Gasteiger partial charge is 0.493 e. The van der Waals surface area contributed by atoms with Gasteiger partial charge < -0.3 is 15.0 Å². The first-order valence-electron chi connectivity index (χ1n) is 7.26. The monoisotopic (exact) mass is 282 g/mol. The normalized spacial score (nSPS) is 12.8. The molecule has 1 atom stereocenters. The van der Waals surface area contributed by atoms with Crippen molar-refractivity contribution < 1.29 is 9.13 Å². The quantitative estimate of drug-likeness (QED) is 0.741. The highest BCUT2D eigenvalue weighted by atomic mass is 19.1. The van der Waals surface area contributed by atoms with E-state index in [1.165, 1.54) is 0 Å². The van der Waals surface area contributed by atoms with Crippen molar-refractivity contribution >= 4 is 0 Å². The average Bonchev–Trinajstić information content (AvgIpc) is 2.38. The highest BCUT2D eigenvalue weighted by molar-refractivity contribution is 5.40. The zero-order valence-electron chi connectivity index (χ0n) is 13.3. The third kappa shape index (κ3) is 5.10. The fourth-order valence-corrected chi connectivity index (χ4v) is 2.11. The molecule has 1 aromatic rings. The molecule has 0 bridgehead atoms. The van der Waals surface area contributed by atoms with Gasteiger partial charge in [-0.1, -0.05) is 6.92 Å². The second-order valence-electron chi connectivity index (χ2n) is 5.42. The van der Waals surface area contributed by atoms with Gasteiger partial charge in [0.05, 0.1) is 6.61 Å². The van der Waals surface area contributed by atoms with Crippen LogP contribution < -0.4 is 10.1 Å². The van der Waals surface area contributed by atoms with Crippen LogP contribution in [-0.2, 0) is 0 Å². The molecule has 114 valence electrons. The second kappa shape index (κ2) is 8.22. The molecule has 1 N–H and O–H groups in total. The van der Waals surface area contributed by atoms with E-state index in [0.717, 1.165) is 30.8 Å². The summed E-state index contributed by atoms with van der Waals surface area (Å²) < 4.78 is 19.6. The van der Waals surface area contributed by atoms with Crippen molar-refractivity contribution in [3.63, 3.8) is 0 Å². The Kier molecular flexibility index (Phi) is 6.96. The van der Waals surface area contributed by atoms with E-state index in [9.17, 15) is 4.39 Å². The first-order chi connectivity index (χ1) is 9.45. The van der Waals surface area contributed by atoms with Crippen molar-refractivity contribution in [1.82, 2.24) is 10.2 Å². The van der Waals surface area contributed by atoms with Gasteiger partial charge in [-0.2, -0.15) is 0 Å². The van der Waals surface area contributed by atoms with Crippen molar-refractivity contribution in [3.05, 3.63) is 29.1 Å². The lowest BCUT2D eigenvalue weighted by atomic mass is 10.0. The Morgan fingerprint density at radius 1 is 1.35 bits per heavy atom. The molecule has 0 heterocycles. The number of nitrogens with one attached hydrogen (secondary N) is 1. The van der Waals surface area contributed by atoms with E-state index < -0.39 is 0 Å². The lowest BCUT2D eigenvalue weighted by Crippen LogP contribution is -2.20. The SMILES string of the molecule is CCNC(C)c1cc(F)c(C)cc1OCCCN(C)C. The molecule has 0 aromatic heterocycles. The maximum Gasteiger partial charge on any atom is 0.126 e. The zero-order chi connectivity index (χ0) is 15.1. The van der Waals surface area contributed by atoms with Crippen LogP contribution in [0.2, 0.25) is 0 Å². The maximum absolute atomic E-state index is 13.8. The van der Waals surface area contributed by atoms with Crippen molar-refractivity contribution in [2.45, 2.75) is 33.2 Å². The van der Waals surface area contributed by atoms with Crippen LogP contribution in [0.1, 0.15) is 37.4 Å². The molecule has 0 aliphatic heterocycles. The van der Waals surface area contributed by atoms with E-state index in [2.05, 4.69) is 10.2 Å². The Labute approximate surface area is 122 Å². The molecule has 1 aromatic carbocycles. The zero-order valence-corrected chi connectivity index (χ0v) is 13.3. The molecule has 0 amide bonds. The minimum absolute atomic E-state index is 0.0824. The summed E-state index contributed by atoms with van der Waals surface area (Å²) in [7, 11) is 4.08. The van der Waals surface area contributed by atoms with Crippen LogP contribution >= 0.6 is 0 Å². The van der Waals surface area contributed by atoms with Crippen LogP contribution in [0.15, 0.2) is 12.1 Å². The minimum Gasteiger partial charge on any atom is -0.493 e. The number of aryl methyl sites for hydroxylation is 1. The summed E-state index contributed by atoms with van der Waals surface area (Å²) in [6, 6.07) is 3.47. The molecule has 0 spiro atoms.